The fourth-order valence-electron chi connectivity index (χ4n) is 1.58. The average molecular weight is 266 g/mol. The first-order chi connectivity index (χ1) is 8.59. The van der Waals surface area contributed by atoms with Gasteiger partial charge in [0.25, 0.3) is 0 Å². The third-order valence-corrected chi connectivity index (χ3v) is 3.30. The standard InChI is InChI=1S/C12H11FN2O2S/c1-15(7-8-3-2-6-18-8)11-10(13)9(12(16)17)4-5-14-11/h2-6H,7H2,1H3,(H,16,17). The predicted molar refractivity (Wildman–Crippen MR) is 67.6 cm³/mol. The summed E-state index contributed by atoms with van der Waals surface area (Å²) in [5.41, 5.74) is -0.363. The van der Waals surface area contributed by atoms with Crippen LogP contribution in [-0.4, -0.2) is 23.1 Å². The van der Waals surface area contributed by atoms with Gasteiger partial charge in [0.15, 0.2) is 11.6 Å². The number of pyridine rings is 1. The summed E-state index contributed by atoms with van der Waals surface area (Å²) in [6, 6.07) is 4.99. The van der Waals surface area contributed by atoms with Crippen molar-refractivity contribution in [3.8, 4) is 0 Å². The van der Waals surface area contributed by atoms with Gasteiger partial charge >= 0.3 is 5.97 Å². The lowest BCUT2D eigenvalue weighted by molar-refractivity contribution is 0.0692. The third kappa shape index (κ3) is 2.48. The van der Waals surface area contributed by atoms with Gasteiger partial charge in [0.05, 0.1) is 6.54 Å². The van der Waals surface area contributed by atoms with E-state index in [9.17, 15) is 9.18 Å². The third-order valence-electron chi connectivity index (χ3n) is 2.44. The summed E-state index contributed by atoms with van der Waals surface area (Å²) in [4.78, 5) is 17.4. The molecule has 0 saturated carbocycles. The number of aromatic carboxylic acids is 1. The van der Waals surface area contributed by atoms with Gasteiger partial charge in [-0.3, -0.25) is 0 Å². The van der Waals surface area contributed by atoms with Crippen molar-refractivity contribution >= 4 is 23.1 Å². The number of carboxylic acids is 1. The van der Waals surface area contributed by atoms with Crippen LogP contribution < -0.4 is 4.90 Å². The molecule has 1 N–H and O–H groups in total. The zero-order chi connectivity index (χ0) is 13.1. The van der Waals surface area contributed by atoms with Crippen LogP contribution in [-0.2, 0) is 6.54 Å². The molecule has 2 rings (SSSR count). The Bertz CT molecular complexity index is 557. The number of thiophene rings is 1. The molecular formula is C12H11FN2O2S. The highest BCUT2D eigenvalue weighted by molar-refractivity contribution is 7.09. The molecule has 6 heteroatoms. The number of carboxylic acid groups (broad SMARTS) is 1. The molecule has 0 unspecified atom stereocenters. The molecule has 0 saturated heterocycles. The summed E-state index contributed by atoms with van der Waals surface area (Å²) in [5, 5.41) is 10.8. The van der Waals surface area contributed by atoms with E-state index in [4.69, 9.17) is 5.11 Å². The molecule has 0 aliphatic heterocycles. The SMILES string of the molecule is CN(Cc1cccs1)c1nccc(C(=O)O)c1F. The smallest absolute Gasteiger partial charge is 0.338 e. The van der Waals surface area contributed by atoms with Gasteiger partial charge in [0.1, 0.15) is 5.56 Å². The van der Waals surface area contributed by atoms with Crippen LogP contribution in [0.25, 0.3) is 0 Å². The molecule has 94 valence electrons. The highest BCUT2D eigenvalue weighted by Crippen LogP contribution is 2.21. The average Bonchev–Trinajstić information content (AvgIpc) is 2.81. The topological polar surface area (TPSA) is 53.4 Å². The van der Waals surface area contributed by atoms with Crippen LogP contribution in [0.15, 0.2) is 29.8 Å². The Hall–Kier alpha value is -1.95. The van der Waals surface area contributed by atoms with Crippen molar-refractivity contribution in [2.45, 2.75) is 6.54 Å². The first-order valence-electron chi connectivity index (χ1n) is 5.21. The quantitative estimate of drug-likeness (QED) is 0.924. The van der Waals surface area contributed by atoms with Gasteiger partial charge in [-0.25, -0.2) is 14.2 Å². The monoisotopic (exact) mass is 266 g/mol. The summed E-state index contributed by atoms with van der Waals surface area (Å²) in [7, 11) is 1.68. The van der Waals surface area contributed by atoms with Crippen LogP contribution in [0.5, 0.6) is 0 Å². The molecule has 18 heavy (non-hydrogen) atoms. The van der Waals surface area contributed by atoms with Gasteiger partial charge in [-0.2, -0.15) is 0 Å². The number of hydrogen-bond donors (Lipinski definition) is 1. The normalized spacial score (nSPS) is 10.3. The second-order valence-corrected chi connectivity index (χ2v) is 4.77. The van der Waals surface area contributed by atoms with Crippen molar-refractivity contribution in [1.82, 2.24) is 4.98 Å². The second-order valence-electron chi connectivity index (χ2n) is 3.74. The lowest BCUT2D eigenvalue weighted by atomic mass is 10.2. The molecule has 2 aromatic rings. The fourth-order valence-corrected chi connectivity index (χ4v) is 2.33. The number of anilines is 1. The Kier molecular flexibility index (Phi) is 3.57. The predicted octanol–water partition coefficient (Wildman–Crippen LogP) is 2.62. The Balaban J connectivity index is 2.27. The van der Waals surface area contributed by atoms with Crippen molar-refractivity contribution in [3.05, 3.63) is 46.0 Å². The molecule has 0 fully saturated rings. The van der Waals surface area contributed by atoms with E-state index < -0.39 is 11.8 Å². The van der Waals surface area contributed by atoms with Crippen LogP contribution in [0.4, 0.5) is 10.2 Å². The maximum absolute atomic E-state index is 13.9. The second kappa shape index (κ2) is 5.14. The number of nitrogens with zero attached hydrogens (tertiary/aromatic N) is 2. The van der Waals surface area contributed by atoms with Crippen LogP contribution in [0, 0.1) is 5.82 Å². The van der Waals surface area contributed by atoms with Gasteiger partial charge in [0, 0.05) is 18.1 Å². The highest BCUT2D eigenvalue weighted by Gasteiger charge is 2.17. The molecule has 0 bridgehead atoms. The Labute approximate surface area is 107 Å². The van der Waals surface area contributed by atoms with E-state index in [0.29, 0.717) is 6.54 Å². The summed E-state index contributed by atoms with van der Waals surface area (Å²) < 4.78 is 13.9. The van der Waals surface area contributed by atoms with E-state index in [-0.39, 0.29) is 11.4 Å². The minimum atomic E-state index is -1.29. The van der Waals surface area contributed by atoms with E-state index in [1.54, 1.807) is 23.3 Å². The van der Waals surface area contributed by atoms with E-state index in [1.807, 2.05) is 17.5 Å². The number of carbonyl (C=O) groups is 1. The maximum atomic E-state index is 13.9. The molecule has 4 nitrogen and oxygen atoms in total. The first-order valence-corrected chi connectivity index (χ1v) is 6.09. The summed E-state index contributed by atoms with van der Waals surface area (Å²) >= 11 is 1.55. The van der Waals surface area contributed by atoms with E-state index in [1.165, 1.54) is 6.20 Å². The lowest BCUT2D eigenvalue weighted by Gasteiger charge is -2.18. The molecule has 0 aromatic carbocycles. The van der Waals surface area contributed by atoms with Crippen LogP contribution >= 0.6 is 11.3 Å². The Morgan fingerprint density at radius 1 is 1.56 bits per heavy atom. The highest BCUT2D eigenvalue weighted by atomic mass is 32.1. The van der Waals surface area contributed by atoms with Crippen LogP contribution in [0.1, 0.15) is 15.2 Å². The van der Waals surface area contributed by atoms with Crippen molar-refractivity contribution in [3.63, 3.8) is 0 Å². The van der Waals surface area contributed by atoms with Gasteiger partial charge in [0.2, 0.25) is 0 Å². The number of halogens is 1. The van der Waals surface area contributed by atoms with Crippen molar-refractivity contribution in [2.24, 2.45) is 0 Å². The molecular weight excluding hydrogens is 255 g/mol. The molecule has 0 amide bonds. The zero-order valence-corrected chi connectivity index (χ0v) is 10.4. The largest absolute Gasteiger partial charge is 0.478 e. The summed E-state index contributed by atoms with van der Waals surface area (Å²) in [6.07, 6.45) is 1.30. The number of aromatic nitrogens is 1. The van der Waals surface area contributed by atoms with Crippen LogP contribution in [0.2, 0.25) is 0 Å². The molecule has 0 radical (unpaired) electrons. The molecule has 0 atom stereocenters. The number of rotatable bonds is 4. The molecule has 2 aromatic heterocycles. The van der Waals surface area contributed by atoms with Crippen molar-refractivity contribution in [1.29, 1.82) is 0 Å². The first kappa shape index (κ1) is 12.5. The molecule has 2 heterocycles. The van der Waals surface area contributed by atoms with Gasteiger partial charge < -0.3 is 10.0 Å². The lowest BCUT2D eigenvalue weighted by Crippen LogP contribution is -2.19. The zero-order valence-electron chi connectivity index (χ0n) is 9.63. The molecule has 0 aliphatic carbocycles. The summed E-state index contributed by atoms with van der Waals surface area (Å²) in [5.74, 6) is -2.05. The van der Waals surface area contributed by atoms with Gasteiger partial charge in [-0.15, -0.1) is 11.3 Å². The van der Waals surface area contributed by atoms with Crippen molar-refractivity contribution < 1.29 is 14.3 Å². The van der Waals surface area contributed by atoms with E-state index >= 15 is 0 Å². The Morgan fingerprint density at radius 2 is 2.33 bits per heavy atom. The van der Waals surface area contributed by atoms with Gasteiger partial charge in [-0.1, -0.05) is 6.07 Å². The molecule has 0 spiro atoms. The Morgan fingerprint density at radius 3 is 2.94 bits per heavy atom. The minimum absolute atomic E-state index is 0.0447. The van der Waals surface area contributed by atoms with E-state index in [0.717, 1.165) is 10.9 Å². The fraction of sp³-hybridized carbons (Fsp3) is 0.167. The van der Waals surface area contributed by atoms with Gasteiger partial charge in [-0.05, 0) is 17.5 Å². The maximum Gasteiger partial charge on any atom is 0.338 e. The van der Waals surface area contributed by atoms with Crippen molar-refractivity contribution in [2.75, 3.05) is 11.9 Å². The van der Waals surface area contributed by atoms with Crippen LogP contribution in [0.3, 0.4) is 0 Å². The number of hydrogen-bond acceptors (Lipinski definition) is 4. The summed E-state index contributed by atoms with van der Waals surface area (Å²) in [6.45, 7) is 0.491. The minimum Gasteiger partial charge on any atom is -0.478 e. The molecule has 0 aliphatic rings. The van der Waals surface area contributed by atoms with E-state index in [2.05, 4.69) is 4.98 Å².